The molecule has 0 amide bonds. The average Bonchev–Trinajstić information content (AvgIpc) is 3.78. The van der Waals surface area contributed by atoms with E-state index in [9.17, 15) is 5.11 Å². The molecule has 49 heavy (non-hydrogen) atoms. The van der Waals surface area contributed by atoms with E-state index >= 15 is 0 Å². The Labute approximate surface area is 292 Å². The Balaban J connectivity index is 1.31. The third-order valence-electron chi connectivity index (χ3n) is 9.68. The zero-order valence-electron chi connectivity index (χ0n) is 30.3. The number of benzene rings is 4. The molecular formula is C44H50N4O. The van der Waals surface area contributed by atoms with Gasteiger partial charge in [-0.2, -0.15) is 0 Å². The van der Waals surface area contributed by atoms with Crippen molar-refractivity contribution < 1.29 is 5.11 Å². The quantitative estimate of drug-likeness (QED) is 0.152. The van der Waals surface area contributed by atoms with Crippen LogP contribution in [0.1, 0.15) is 112 Å². The molecule has 0 aliphatic heterocycles. The van der Waals surface area contributed by atoms with Crippen molar-refractivity contribution >= 4 is 0 Å². The normalized spacial score (nSPS) is 11.8. The summed E-state index contributed by atoms with van der Waals surface area (Å²) in [6, 6.07) is 27.9. The van der Waals surface area contributed by atoms with Gasteiger partial charge in [-0.3, -0.25) is 9.13 Å². The Morgan fingerprint density at radius 1 is 0.551 bits per heavy atom. The van der Waals surface area contributed by atoms with Crippen molar-refractivity contribution in [3.63, 3.8) is 0 Å². The van der Waals surface area contributed by atoms with E-state index < -0.39 is 0 Å². The molecule has 2 aromatic heterocycles. The largest absolute Gasteiger partial charge is 0.507 e. The molecule has 0 saturated carbocycles. The second kappa shape index (κ2) is 14.3. The molecule has 1 N–H and O–H groups in total. The van der Waals surface area contributed by atoms with E-state index in [1.54, 1.807) is 0 Å². The lowest BCUT2D eigenvalue weighted by Crippen LogP contribution is -2.08. The maximum atomic E-state index is 11.7. The van der Waals surface area contributed by atoms with Crippen LogP contribution in [0.4, 0.5) is 0 Å². The minimum absolute atomic E-state index is 0.293. The standard InChI is InChI=1S/C44H50N4O/c1-28(2)35-16-11-17-36(29(3)4)40(35)47-25-23-45-43(47)34-15-9-13-32(27-34)21-22-33-14-10-20-39(42(33)49)44-46-24-26-48(44)41-37(30(5)6)18-12-19-38(41)31(7)8/h9-20,23-31,49H,21-22H2,1-8H3. The monoisotopic (exact) mass is 650 g/mol. The molecule has 5 nitrogen and oxygen atoms in total. The summed E-state index contributed by atoms with van der Waals surface area (Å²) < 4.78 is 4.43. The number of aromatic hydroxyl groups is 1. The summed E-state index contributed by atoms with van der Waals surface area (Å²) >= 11 is 0. The van der Waals surface area contributed by atoms with E-state index in [1.807, 2.05) is 36.8 Å². The maximum absolute atomic E-state index is 11.7. The summed E-state index contributed by atoms with van der Waals surface area (Å²) in [5.74, 6) is 3.46. The van der Waals surface area contributed by atoms with Crippen LogP contribution in [0.15, 0.2) is 104 Å². The molecule has 0 bridgehead atoms. The summed E-state index contributed by atoms with van der Waals surface area (Å²) in [5.41, 5.74) is 11.5. The lowest BCUT2D eigenvalue weighted by atomic mass is 9.92. The third-order valence-corrected chi connectivity index (χ3v) is 9.68. The zero-order valence-corrected chi connectivity index (χ0v) is 30.3. The second-order valence-corrected chi connectivity index (χ2v) is 14.4. The van der Waals surface area contributed by atoms with Crippen LogP contribution in [0, 0.1) is 0 Å². The molecule has 0 aliphatic carbocycles. The van der Waals surface area contributed by atoms with Gasteiger partial charge in [-0.05, 0) is 82.0 Å². The SMILES string of the molecule is CC(C)c1cccc(C(C)C)c1-n1ccnc1-c1cccc(CCc2cccc(-c3nccn3-c3c(C(C)C)cccc3C(C)C)c2O)c1. The van der Waals surface area contributed by atoms with Crippen LogP contribution in [-0.4, -0.2) is 24.2 Å². The molecule has 252 valence electrons. The molecule has 0 saturated heterocycles. The first-order valence-corrected chi connectivity index (χ1v) is 17.8. The van der Waals surface area contributed by atoms with E-state index in [-0.39, 0.29) is 0 Å². The topological polar surface area (TPSA) is 55.9 Å². The summed E-state index contributed by atoms with van der Waals surface area (Å²) in [4.78, 5) is 9.64. The van der Waals surface area contributed by atoms with Crippen LogP contribution in [0.25, 0.3) is 34.2 Å². The van der Waals surface area contributed by atoms with Crippen LogP contribution in [0.5, 0.6) is 5.75 Å². The first kappa shape index (κ1) is 34.0. The number of imidazole rings is 2. The van der Waals surface area contributed by atoms with Gasteiger partial charge in [0, 0.05) is 30.4 Å². The van der Waals surface area contributed by atoms with Gasteiger partial charge >= 0.3 is 0 Å². The summed E-state index contributed by atoms with van der Waals surface area (Å²) in [6.45, 7) is 17.9. The molecule has 5 heteroatoms. The van der Waals surface area contributed by atoms with Crippen molar-refractivity contribution in [1.29, 1.82) is 0 Å². The van der Waals surface area contributed by atoms with Gasteiger partial charge in [-0.15, -0.1) is 0 Å². The number of aryl methyl sites for hydroxylation is 2. The third kappa shape index (κ3) is 6.72. The minimum Gasteiger partial charge on any atom is -0.507 e. The molecule has 0 fully saturated rings. The molecular weight excluding hydrogens is 601 g/mol. The molecule has 4 aromatic carbocycles. The molecule has 0 unspecified atom stereocenters. The Morgan fingerprint density at radius 2 is 1.02 bits per heavy atom. The predicted molar refractivity (Wildman–Crippen MR) is 203 cm³/mol. The number of aromatic nitrogens is 4. The lowest BCUT2D eigenvalue weighted by molar-refractivity contribution is 0.469. The molecule has 0 spiro atoms. The van der Waals surface area contributed by atoms with Gasteiger partial charge in [0.2, 0.25) is 0 Å². The molecule has 2 heterocycles. The molecule has 6 rings (SSSR count). The van der Waals surface area contributed by atoms with Gasteiger partial charge in [-0.1, -0.05) is 122 Å². The van der Waals surface area contributed by atoms with Crippen molar-refractivity contribution in [2.24, 2.45) is 0 Å². The van der Waals surface area contributed by atoms with Gasteiger partial charge < -0.3 is 5.11 Å². The van der Waals surface area contributed by atoms with E-state index in [2.05, 4.69) is 131 Å². The van der Waals surface area contributed by atoms with Gasteiger partial charge in [0.25, 0.3) is 0 Å². The number of hydrogen-bond acceptors (Lipinski definition) is 3. The maximum Gasteiger partial charge on any atom is 0.148 e. The average molecular weight is 651 g/mol. The summed E-state index contributed by atoms with van der Waals surface area (Å²) in [5, 5.41) is 11.7. The smallest absolute Gasteiger partial charge is 0.148 e. The lowest BCUT2D eigenvalue weighted by Gasteiger charge is -2.22. The molecule has 0 aliphatic rings. The number of para-hydroxylation sites is 3. The Bertz CT molecular complexity index is 2010. The van der Waals surface area contributed by atoms with Crippen LogP contribution in [0.2, 0.25) is 0 Å². The van der Waals surface area contributed by atoms with E-state index in [4.69, 9.17) is 9.97 Å². The number of rotatable bonds is 11. The number of hydrogen-bond donors (Lipinski definition) is 1. The fourth-order valence-corrected chi connectivity index (χ4v) is 7.08. The second-order valence-electron chi connectivity index (χ2n) is 14.4. The summed E-state index contributed by atoms with van der Waals surface area (Å²) in [7, 11) is 0. The van der Waals surface area contributed by atoms with Crippen molar-refractivity contribution in [2.45, 2.75) is 91.9 Å². The van der Waals surface area contributed by atoms with Gasteiger partial charge in [-0.25, -0.2) is 9.97 Å². The van der Waals surface area contributed by atoms with Crippen molar-refractivity contribution in [3.8, 4) is 39.9 Å². The highest BCUT2D eigenvalue weighted by molar-refractivity contribution is 5.70. The van der Waals surface area contributed by atoms with E-state index in [0.29, 0.717) is 35.8 Å². The highest BCUT2D eigenvalue weighted by atomic mass is 16.3. The zero-order chi connectivity index (χ0) is 34.8. The van der Waals surface area contributed by atoms with E-state index in [0.717, 1.165) is 40.4 Å². The van der Waals surface area contributed by atoms with Gasteiger partial charge in [0.15, 0.2) is 0 Å². The van der Waals surface area contributed by atoms with Crippen LogP contribution >= 0.6 is 0 Å². The van der Waals surface area contributed by atoms with Crippen molar-refractivity contribution in [2.75, 3.05) is 0 Å². The van der Waals surface area contributed by atoms with Gasteiger partial charge in [0.05, 0.1) is 16.9 Å². The summed E-state index contributed by atoms with van der Waals surface area (Å²) in [6.07, 6.45) is 9.33. The fourth-order valence-electron chi connectivity index (χ4n) is 7.08. The number of nitrogens with zero attached hydrogens (tertiary/aromatic N) is 4. The van der Waals surface area contributed by atoms with Crippen LogP contribution in [0.3, 0.4) is 0 Å². The minimum atomic E-state index is 0.293. The Hall–Kier alpha value is -4.90. The predicted octanol–water partition coefficient (Wildman–Crippen LogP) is 11.4. The fraction of sp³-hybridized carbons (Fsp3) is 0.318. The highest BCUT2D eigenvalue weighted by Gasteiger charge is 2.22. The Morgan fingerprint density at radius 3 is 1.55 bits per heavy atom. The van der Waals surface area contributed by atoms with E-state index in [1.165, 1.54) is 33.5 Å². The van der Waals surface area contributed by atoms with Crippen molar-refractivity contribution in [3.05, 3.63) is 137 Å². The number of phenolic OH excluding ortho intramolecular Hbond substituents is 1. The molecule has 0 atom stereocenters. The first-order valence-electron chi connectivity index (χ1n) is 17.8. The highest BCUT2D eigenvalue weighted by Crippen LogP contribution is 2.38. The Kier molecular flexibility index (Phi) is 9.91. The van der Waals surface area contributed by atoms with Gasteiger partial charge in [0.1, 0.15) is 17.4 Å². The number of phenols is 1. The first-order chi connectivity index (χ1) is 23.6. The van der Waals surface area contributed by atoms with Crippen LogP contribution < -0.4 is 0 Å². The molecule has 6 aromatic rings. The van der Waals surface area contributed by atoms with Crippen molar-refractivity contribution in [1.82, 2.24) is 19.1 Å². The van der Waals surface area contributed by atoms with Crippen LogP contribution in [-0.2, 0) is 12.8 Å². The molecule has 0 radical (unpaired) electrons.